The van der Waals surface area contributed by atoms with Crippen LogP contribution in [0.1, 0.15) is 30.5 Å². The fraction of sp³-hybridized carbons (Fsp3) is 0.200. The summed E-state index contributed by atoms with van der Waals surface area (Å²) in [6.07, 6.45) is 0.279. The summed E-state index contributed by atoms with van der Waals surface area (Å²) >= 11 is 0. The van der Waals surface area contributed by atoms with E-state index in [9.17, 15) is 13.2 Å². The summed E-state index contributed by atoms with van der Waals surface area (Å²) in [7, 11) is -3.99. The van der Waals surface area contributed by atoms with E-state index in [0.29, 0.717) is 5.82 Å². The number of nitrogens with one attached hydrogen (secondary N) is 2. The lowest BCUT2D eigenvalue weighted by atomic mass is 9.91. The van der Waals surface area contributed by atoms with Gasteiger partial charge in [-0.1, -0.05) is 78.9 Å². The first-order chi connectivity index (χ1) is 19.2. The molecular formula is C30H28N6O3S. The monoisotopic (exact) mass is 552 g/mol. The predicted molar refractivity (Wildman–Crippen MR) is 151 cm³/mol. The van der Waals surface area contributed by atoms with Crippen LogP contribution in [0.3, 0.4) is 0 Å². The molecule has 0 saturated heterocycles. The van der Waals surface area contributed by atoms with E-state index in [1.807, 2.05) is 86.6 Å². The van der Waals surface area contributed by atoms with Gasteiger partial charge in [-0.15, -0.1) is 10.2 Å². The second-order valence-electron chi connectivity index (χ2n) is 10.5. The summed E-state index contributed by atoms with van der Waals surface area (Å²) in [6.45, 7) is 3.91. The molecule has 6 rings (SSSR count). The number of tetrazole rings is 1. The van der Waals surface area contributed by atoms with Gasteiger partial charge in [-0.05, 0) is 65.1 Å². The Labute approximate surface area is 232 Å². The molecule has 9 nitrogen and oxygen atoms in total. The first-order valence-corrected chi connectivity index (χ1v) is 14.4. The molecule has 1 amide bonds. The smallest absolute Gasteiger partial charge is 0.244 e. The van der Waals surface area contributed by atoms with Gasteiger partial charge in [-0.3, -0.25) is 4.79 Å². The molecule has 202 valence electrons. The van der Waals surface area contributed by atoms with Crippen LogP contribution in [-0.2, 0) is 33.3 Å². The van der Waals surface area contributed by atoms with Crippen molar-refractivity contribution in [3.8, 4) is 11.4 Å². The molecule has 4 aromatic carbocycles. The number of carbonyl (C=O) groups excluding carboxylic acids is 1. The minimum absolute atomic E-state index is 0.114. The molecule has 5 aromatic rings. The molecule has 0 bridgehead atoms. The highest BCUT2D eigenvalue weighted by atomic mass is 32.2. The maximum atomic E-state index is 14.1. The second-order valence-corrected chi connectivity index (χ2v) is 12.4. The van der Waals surface area contributed by atoms with Crippen molar-refractivity contribution >= 4 is 26.7 Å². The summed E-state index contributed by atoms with van der Waals surface area (Å²) in [5, 5.41) is 18.9. The van der Waals surface area contributed by atoms with E-state index in [2.05, 4.69) is 25.9 Å². The first-order valence-electron chi connectivity index (χ1n) is 13.0. The summed E-state index contributed by atoms with van der Waals surface area (Å²) in [5.41, 5.74) is 2.73. The Hall–Kier alpha value is -4.41. The molecule has 1 aromatic heterocycles. The number of nitrogens with zero attached hydrogens (tertiary/aromatic N) is 4. The zero-order valence-electron chi connectivity index (χ0n) is 22.1. The zero-order valence-corrected chi connectivity index (χ0v) is 22.9. The molecule has 0 radical (unpaired) electrons. The van der Waals surface area contributed by atoms with E-state index in [-0.39, 0.29) is 23.8 Å². The molecule has 1 aliphatic rings. The van der Waals surface area contributed by atoms with Crippen molar-refractivity contribution in [3.05, 3.63) is 108 Å². The first kappa shape index (κ1) is 25.8. The van der Waals surface area contributed by atoms with Crippen LogP contribution in [0.4, 0.5) is 0 Å². The third-order valence-electron chi connectivity index (χ3n) is 7.48. The van der Waals surface area contributed by atoms with Gasteiger partial charge < -0.3 is 5.32 Å². The van der Waals surface area contributed by atoms with E-state index >= 15 is 0 Å². The highest BCUT2D eigenvalue weighted by molar-refractivity contribution is 7.89. The van der Waals surface area contributed by atoms with Gasteiger partial charge in [0, 0.05) is 12.1 Å². The van der Waals surface area contributed by atoms with E-state index in [4.69, 9.17) is 0 Å². The quantitative estimate of drug-likeness (QED) is 0.326. The molecule has 2 heterocycles. The van der Waals surface area contributed by atoms with Crippen LogP contribution in [-0.4, -0.2) is 45.3 Å². The topological polar surface area (TPSA) is 121 Å². The fourth-order valence-electron chi connectivity index (χ4n) is 5.22. The molecule has 2 N–H and O–H groups in total. The molecule has 40 heavy (non-hydrogen) atoms. The molecule has 1 unspecified atom stereocenters. The Balaban J connectivity index is 1.32. The van der Waals surface area contributed by atoms with E-state index in [1.54, 1.807) is 18.2 Å². The average molecular weight is 553 g/mol. The minimum atomic E-state index is -3.99. The highest BCUT2D eigenvalue weighted by Crippen LogP contribution is 2.32. The van der Waals surface area contributed by atoms with E-state index in [1.165, 1.54) is 4.31 Å². The van der Waals surface area contributed by atoms with Crippen molar-refractivity contribution in [1.29, 1.82) is 0 Å². The number of sulfonamides is 1. The number of rotatable bonds is 6. The highest BCUT2D eigenvalue weighted by Gasteiger charge is 2.41. The summed E-state index contributed by atoms with van der Waals surface area (Å²) in [5.74, 6) is 0.120. The predicted octanol–water partition coefficient (Wildman–Crippen LogP) is 4.19. The van der Waals surface area contributed by atoms with Gasteiger partial charge in [0.25, 0.3) is 0 Å². The normalized spacial score (nSPS) is 16.0. The Morgan fingerprint density at radius 1 is 0.925 bits per heavy atom. The molecular weight excluding hydrogens is 524 g/mol. The van der Waals surface area contributed by atoms with Crippen molar-refractivity contribution in [2.24, 2.45) is 0 Å². The summed E-state index contributed by atoms with van der Waals surface area (Å²) < 4.78 is 29.5. The Kier molecular flexibility index (Phi) is 6.44. The number of hydrogen-bond donors (Lipinski definition) is 2. The largest absolute Gasteiger partial charge is 0.346 e. The van der Waals surface area contributed by atoms with Crippen molar-refractivity contribution in [2.45, 2.75) is 43.3 Å². The number of benzene rings is 4. The fourth-order valence-corrected chi connectivity index (χ4v) is 6.82. The maximum Gasteiger partial charge on any atom is 0.244 e. The lowest BCUT2D eigenvalue weighted by Gasteiger charge is -2.37. The average Bonchev–Trinajstić information content (AvgIpc) is 3.51. The number of amides is 1. The molecule has 0 fully saturated rings. The lowest BCUT2D eigenvalue weighted by Crippen LogP contribution is -2.55. The zero-order chi connectivity index (χ0) is 27.9. The lowest BCUT2D eigenvalue weighted by molar-refractivity contribution is -0.127. The summed E-state index contributed by atoms with van der Waals surface area (Å²) in [6, 6.07) is 27.0. The number of fused-ring (bicyclic) bond motifs is 2. The minimum Gasteiger partial charge on any atom is -0.346 e. The van der Waals surface area contributed by atoms with Gasteiger partial charge in [0.05, 0.1) is 10.4 Å². The number of carbonyl (C=O) groups is 1. The third-order valence-corrected chi connectivity index (χ3v) is 9.33. The molecule has 0 spiro atoms. The van der Waals surface area contributed by atoms with Crippen LogP contribution in [0.5, 0.6) is 0 Å². The van der Waals surface area contributed by atoms with Crippen molar-refractivity contribution in [2.75, 3.05) is 0 Å². The van der Waals surface area contributed by atoms with Gasteiger partial charge in [-0.2, -0.15) is 9.52 Å². The number of H-pyrrole nitrogens is 1. The number of aromatic amines is 1. The third kappa shape index (κ3) is 4.76. The Morgan fingerprint density at radius 2 is 1.62 bits per heavy atom. The molecule has 1 aliphatic heterocycles. The van der Waals surface area contributed by atoms with E-state index in [0.717, 1.165) is 33.0 Å². The van der Waals surface area contributed by atoms with Gasteiger partial charge in [0.15, 0.2) is 0 Å². The molecule has 0 saturated carbocycles. The summed E-state index contributed by atoms with van der Waals surface area (Å²) in [4.78, 5) is 14.1. The van der Waals surface area contributed by atoms with Crippen LogP contribution < -0.4 is 5.32 Å². The SMILES string of the molecule is CC(C)(NC(=O)C1Cc2ccccc2CN1S(=O)(=O)c1ccc2ccccc2c1)c1ccc(-c2nn[nH]n2)cc1. The van der Waals surface area contributed by atoms with Crippen LogP contribution in [0.15, 0.2) is 95.9 Å². The molecule has 1 atom stereocenters. The van der Waals surface area contributed by atoms with Crippen molar-refractivity contribution in [1.82, 2.24) is 30.2 Å². The van der Waals surface area contributed by atoms with Gasteiger partial charge >= 0.3 is 0 Å². The van der Waals surface area contributed by atoms with Gasteiger partial charge in [0.2, 0.25) is 21.8 Å². The number of hydrogen-bond acceptors (Lipinski definition) is 6. The molecule has 0 aliphatic carbocycles. The Morgan fingerprint density at radius 3 is 2.35 bits per heavy atom. The molecule has 10 heteroatoms. The van der Waals surface area contributed by atoms with Crippen molar-refractivity contribution in [3.63, 3.8) is 0 Å². The maximum absolute atomic E-state index is 14.1. The van der Waals surface area contributed by atoms with Gasteiger partial charge in [-0.25, -0.2) is 8.42 Å². The van der Waals surface area contributed by atoms with Crippen LogP contribution in [0.2, 0.25) is 0 Å². The van der Waals surface area contributed by atoms with Crippen molar-refractivity contribution < 1.29 is 13.2 Å². The van der Waals surface area contributed by atoms with Gasteiger partial charge in [0.1, 0.15) is 6.04 Å². The van der Waals surface area contributed by atoms with Crippen LogP contribution in [0.25, 0.3) is 22.2 Å². The Bertz CT molecular complexity index is 1800. The van der Waals surface area contributed by atoms with Crippen LogP contribution >= 0.6 is 0 Å². The van der Waals surface area contributed by atoms with E-state index < -0.39 is 21.6 Å². The second kappa shape index (κ2) is 9.96. The standard InChI is InChI=1S/C30H28N6O3S/c1-30(2,25-14-11-21(12-15-25)28-32-34-35-33-28)31-29(37)27-18-23-9-5-6-10-24(23)19-36(27)40(38,39)26-16-13-20-7-3-4-8-22(20)17-26/h3-17,27H,18-19H2,1-2H3,(H,31,37)(H,32,33,34,35). The van der Waals surface area contributed by atoms with Crippen LogP contribution in [0, 0.1) is 0 Å². The number of aromatic nitrogens is 4.